The molecule has 6 heteroatoms. The number of carboxylic acids is 1. The van der Waals surface area contributed by atoms with Crippen LogP contribution >= 0.6 is 0 Å². The van der Waals surface area contributed by atoms with Gasteiger partial charge in [0.1, 0.15) is 5.82 Å². The van der Waals surface area contributed by atoms with Crippen molar-refractivity contribution in [2.45, 2.75) is 33.4 Å². The molecule has 0 aromatic heterocycles. The Balaban J connectivity index is 2.07. The molecular weight excluding hydrogens is 335 g/mol. The zero-order valence-electron chi connectivity index (χ0n) is 15.1. The molecule has 0 radical (unpaired) electrons. The van der Waals surface area contributed by atoms with Crippen molar-refractivity contribution in [3.8, 4) is 0 Å². The van der Waals surface area contributed by atoms with Gasteiger partial charge in [-0.05, 0) is 56.3 Å². The third-order valence-electron chi connectivity index (χ3n) is 4.20. The number of carbonyl (C=O) groups excluding carboxylic acids is 1. The highest BCUT2D eigenvalue weighted by molar-refractivity contribution is 6.04. The van der Waals surface area contributed by atoms with Crippen LogP contribution in [0.2, 0.25) is 0 Å². The van der Waals surface area contributed by atoms with E-state index in [-0.39, 0.29) is 11.3 Å². The van der Waals surface area contributed by atoms with Gasteiger partial charge < -0.3 is 10.4 Å². The Hall–Kier alpha value is -2.73. The molecule has 1 amide bonds. The lowest BCUT2D eigenvalue weighted by atomic mass is 10.1. The minimum Gasteiger partial charge on any atom is -0.478 e. The first-order chi connectivity index (χ1) is 12.3. The number of nitrogens with one attached hydrogen (secondary N) is 1. The van der Waals surface area contributed by atoms with Crippen LogP contribution in [0.4, 0.5) is 10.1 Å². The summed E-state index contributed by atoms with van der Waals surface area (Å²) in [6, 6.07) is 11.0. The Bertz CT molecular complexity index is 788. The number of amides is 1. The van der Waals surface area contributed by atoms with E-state index in [1.54, 1.807) is 12.1 Å². The third-order valence-corrected chi connectivity index (χ3v) is 4.20. The van der Waals surface area contributed by atoms with E-state index in [9.17, 15) is 14.0 Å². The highest BCUT2D eigenvalue weighted by Gasteiger charge is 2.13. The van der Waals surface area contributed by atoms with E-state index in [0.717, 1.165) is 24.7 Å². The number of nitrogens with zero attached hydrogens (tertiary/aromatic N) is 1. The molecule has 0 heterocycles. The van der Waals surface area contributed by atoms with E-state index >= 15 is 0 Å². The summed E-state index contributed by atoms with van der Waals surface area (Å²) in [6.45, 7) is 8.10. The lowest BCUT2D eigenvalue weighted by Crippen LogP contribution is -2.29. The summed E-state index contributed by atoms with van der Waals surface area (Å²) >= 11 is 0. The molecule has 0 bridgehead atoms. The average molecular weight is 358 g/mol. The van der Waals surface area contributed by atoms with Gasteiger partial charge in [-0.15, -0.1) is 0 Å². The second-order valence-electron chi connectivity index (χ2n) is 6.31. The number of aromatic carboxylic acids is 1. The molecule has 2 N–H and O–H groups in total. The number of carboxylic acid groups (broad SMARTS) is 1. The zero-order valence-corrected chi connectivity index (χ0v) is 15.1. The summed E-state index contributed by atoms with van der Waals surface area (Å²) in [7, 11) is 0. The lowest BCUT2D eigenvalue weighted by Gasteiger charge is -2.24. The van der Waals surface area contributed by atoms with Crippen molar-refractivity contribution in [2.75, 3.05) is 11.9 Å². The van der Waals surface area contributed by atoms with Crippen molar-refractivity contribution in [1.82, 2.24) is 4.90 Å². The zero-order chi connectivity index (χ0) is 19.3. The molecule has 0 unspecified atom stereocenters. The number of rotatable bonds is 7. The minimum atomic E-state index is -1.22. The molecule has 0 fully saturated rings. The Morgan fingerprint density at radius 3 is 2.23 bits per heavy atom. The first-order valence-corrected chi connectivity index (χ1v) is 8.49. The lowest BCUT2D eigenvalue weighted by molar-refractivity contribution is 0.0696. The van der Waals surface area contributed by atoms with E-state index in [2.05, 4.69) is 31.0 Å². The SMILES string of the molecule is CCN(Cc1ccc(C(=O)Nc2ccc(C(=O)O)cc2F)cc1)C(C)C. The number of hydrogen-bond acceptors (Lipinski definition) is 3. The summed E-state index contributed by atoms with van der Waals surface area (Å²) in [4.78, 5) is 25.4. The number of anilines is 1. The average Bonchev–Trinajstić information content (AvgIpc) is 2.61. The van der Waals surface area contributed by atoms with E-state index in [1.807, 2.05) is 12.1 Å². The molecule has 0 saturated carbocycles. The van der Waals surface area contributed by atoms with Crippen LogP contribution in [0.1, 0.15) is 47.1 Å². The maximum atomic E-state index is 13.9. The molecule has 5 nitrogen and oxygen atoms in total. The Labute approximate surface area is 152 Å². The smallest absolute Gasteiger partial charge is 0.335 e. The Kier molecular flexibility index (Phi) is 6.46. The van der Waals surface area contributed by atoms with Gasteiger partial charge in [0, 0.05) is 18.2 Å². The van der Waals surface area contributed by atoms with Crippen LogP contribution in [0.3, 0.4) is 0 Å². The van der Waals surface area contributed by atoms with Gasteiger partial charge in [-0.2, -0.15) is 0 Å². The van der Waals surface area contributed by atoms with Crippen LogP contribution in [-0.4, -0.2) is 34.5 Å². The first-order valence-electron chi connectivity index (χ1n) is 8.49. The van der Waals surface area contributed by atoms with Gasteiger partial charge in [-0.3, -0.25) is 9.69 Å². The third kappa shape index (κ3) is 4.89. The van der Waals surface area contributed by atoms with Crippen LogP contribution < -0.4 is 5.32 Å². The maximum absolute atomic E-state index is 13.9. The van der Waals surface area contributed by atoms with E-state index in [1.165, 1.54) is 12.1 Å². The molecule has 2 aromatic carbocycles. The fourth-order valence-corrected chi connectivity index (χ4v) is 2.60. The minimum absolute atomic E-state index is 0.0546. The second-order valence-corrected chi connectivity index (χ2v) is 6.31. The van der Waals surface area contributed by atoms with Crippen LogP contribution in [0.5, 0.6) is 0 Å². The predicted octanol–water partition coefficient (Wildman–Crippen LogP) is 4.01. The molecule has 2 rings (SSSR count). The topological polar surface area (TPSA) is 69.6 Å². The summed E-state index contributed by atoms with van der Waals surface area (Å²) in [6.07, 6.45) is 0. The molecule has 138 valence electrons. The van der Waals surface area contributed by atoms with E-state index in [0.29, 0.717) is 11.6 Å². The normalized spacial score (nSPS) is 11.0. The fraction of sp³-hybridized carbons (Fsp3) is 0.300. The molecule has 0 aliphatic heterocycles. The largest absolute Gasteiger partial charge is 0.478 e. The molecule has 0 aliphatic rings. The van der Waals surface area contributed by atoms with Gasteiger partial charge in [0.2, 0.25) is 0 Å². The first kappa shape index (κ1) is 19.6. The molecule has 0 saturated heterocycles. The van der Waals surface area contributed by atoms with Crippen LogP contribution in [-0.2, 0) is 6.54 Å². The molecule has 0 spiro atoms. The van der Waals surface area contributed by atoms with Crippen LogP contribution in [0.25, 0.3) is 0 Å². The standard InChI is InChI=1S/C20H23FN2O3/c1-4-23(13(2)3)12-14-5-7-15(8-6-14)19(24)22-18-10-9-16(20(25)26)11-17(18)21/h5-11,13H,4,12H2,1-3H3,(H,22,24)(H,25,26). The maximum Gasteiger partial charge on any atom is 0.335 e. The summed E-state index contributed by atoms with van der Waals surface area (Å²) in [5.41, 5.74) is 1.27. The van der Waals surface area contributed by atoms with E-state index < -0.39 is 17.7 Å². The number of carbonyl (C=O) groups is 2. The monoisotopic (exact) mass is 358 g/mol. The van der Waals surface area contributed by atoms with Crippen molar-refractivity contribution in [1.29, 1.82) is 0 Å². The Morgan fingerprint density at radius 2 is 1.73 bits per heavy atom. The van der Waals surface area contributed by atoms with Crippen molar-refractivity contribution >= 4 is 17.6 Å². The molecule has 26 heavy (non-hydrogen) atoms. The Morgan fingerprint density at radius 1 is 1.12 bits per heavy atom. The van der Waals surface area contributed by atoms with Gasteiger partial charge in [0.25, 0.3) is 5.91 Å². The van der Waals surface area contributed by atoms with Gasteiger partial charge in [-0.25, -0.2) is 9.18 Å². The van der Waals surface area contributed by atoms with Crippen molar-refractivity contribution in [3.63, 3.8) is 0 Å². The molecular formula is C20H23FN2O3. The van der Waals surface area contributed by atoms with Gasteiger partial charge in [0.15, 0.2) is 0 Å². The van der Waals surface area contributed by atoms with Gasteiger partial charge in [-0.1, -0.05) is 19.1 Å². The van der Waals surface area contributed by atoms with Crippen LogP contribution in [0.15, 0.2) is 42.5 Å². The molecule has 0 atom stereocenters. The van der Waals surface area contributed by atoms with Gasteiger partial charge >= 0.3 is 5.97 Å². The summed E-state index contributed by atoms with van der Waals surface area (Å²) < 4.78 is 13.9. The highest BCUT2D eigenvalue weighted by atomic mass is 19.1. The quantitative estimate of drug-likeness (QED) is 0.785. The fourth-order valence-electron chi connectivity index (χ4n) is 2.60. The number of benzene rings is 2. The number of hydrogen-bond donors (Lipinski definition) is 2. The van der Waals surface area contributed by atoms with Crippen molar-refractivity contribution < 1.29 is 19.1 Å². The van der Waals surface area contributed by atoms with Crippen molar-refractivity contribution in [2.24, 2.45) is 0 Å². The predicted molar refractivity (Wildman–Crippen MR) is 99.0 cm³/mol. The summed E-state index contributed by atoms with van der Waals surface area (Å²) in [5.74, 6) is -2.46. The number of halogens is 1. The van der Waals surface area contributed by atoms with Gasteiger partial charge in [0.05, 0.1) is 11.3 Å². The second kappa shape index (κ2) is 8.58. The molecule has 2 aromatic rings. The van der Waals surface area contributed by atoms with Crippen LogP contribution in [0, 0.1) is 5.82 Å². The van der Waals surface area contributed by atoms with E-state index in [4.69, 9.17) is 5.11 Å². The highest BCUT2D eigenvalue weighted by Crippen LogP contribution is 2.17. The van der Waals surface area contributed by atoms with Crippen molar-refractivity contribution in [3.05, 3.63) is 65.0 Å². The molecule has 0 aliphatic carbocycles. The summed E-state index contributed by atoms with van der Waals surface area (Å²) in [5, 5.41) is 11.3.